The number of ether oxygens (including phenoxy) is 1. The maximum atomic E-state index is 14.1. The molecule has 0 spiro atoms. The van der Waals surface area contributed by atoms with E-state index in [0.29, 0.717) is 0 Å². The Morgan fingerprint density at radius 3 is 2.64 bits per heavy atom. The molecule has 1 amide bonds. The Bertz CT molecular complexity index is 1350. The number of benzene rings is 1. The van der Waals surface area contributed by atoms with E-state index in [1.807, 2.05) is 13.8 Å². The second-order valence-electron chi connectivity index (χ2n) is 9.67. The molecule has 2 unspecified atom stereocenters. The quantitative estimate of drug-likeness (QED) is 0.519. The molecule has 36 heavy (non-hydrogen) atoms. The van der Waals surface area contributed by atoms with Gasteiger partial charge in [-0.1, -0.05) is 6.07 Å². The predicted octanol–water partition coefficient (Wildman–Crippen LogP) is 0.654. The van der Waals surface area contributed by atoms with E-state index in [2.05, 4.69) is 15.6 Å². The molecule has 4 rings (SSSR count). The molecule has 0 radical (unpaired) electrons. The number of hydrogen-bond acceptors (Lipinski definition) is 8. The number of carbonyl (C=O) groups is 1. The highest BCUT2D eigenvalue weighted by atomic mass is 32.2. The Labute approximate surface area is 208 Å². The minimum atomic E-state index is -4.07. The highest BCUT2D eigenvalue weighted by Gasteiger charge is 2.35. The van der Waals surface area contributed by atoms with Crippen LogP contribution in [0.5, 0.6) is 5.75 Å². The molecule has 0 saturated carbocycles. The van der Waals surface area contributed by atoms with E-state index < -0.39 is 44.4 Å². The van der Waals surface area contributed by atoms with Crippen molar-refractivity contribution < 1.29 is 27.4 Å². The number of sulfonamides is 1. The van der Waals surface area contributed by atoms with Gasteiger partial charge in [0.1, 0.15) is 17.2 Å². The molecule has 0 aliphatic carbocycles. The zero-order valence-corrected chi connectivity index (χ0v) is 21.4. The van der Waals surface area contributed by atoms with E-state index in [4.69, 9.17) is 4.74 Å². The first-order valence-corrected chi connectivity index (χ1v) is 13.1. The summed E-state index contributed by atoms with van der Waals surface area (Å²) in [5.74, 6) is -2.24. The number of fused-ring (bicyclic) bond motifs is 1. The van der Waals surface area contributed by atoms with Crippen LogP contribution in [0.3, 0.4) is 0 Å². The van der Waals surface area contributed by atoms with E-state index in [0.717, 1.165) is 12.1 Å². The second kappa shape index (κ2) is 9.54. The highest BCUT2D eigenvalue weighted by Crippen LogP contribution is 2.28. The van der Waals surface area contributed by atoms with E-state index in [9.17, 15) is 27.5 Å². The van der Waals surface area contributed by atoms with Crippen molar-refractivity contribution in [1.29, 1.82) is 0 Å². The number of nitrogens with one attached hydrogen (secondary N) is 2. The van der Waals surface area contributed by atoms with Crippen LogP contribution in [0.1, 0.15) is 49.6 Å². The number of rotatable bonds is 5. The van der Waals surface area contributed by atoms with Crippen molar-refractivity contribution in [3.8, 4) is 5.75 Å². The molecule has 1 saturated heterocycles. The lowest BCUT2D eigenvalue weighted by Crippen LogP contribution is -2.55. The van der Waals surface area contributed by atoms with Crippen molar-refractivity contribution in [3.05, 3.63) is 51.5 Å². The lowest BCUT2D eigenvalue weighted by atomic mass is 10.1. The Hall–Kier alpha value is -2.87. The van der Waals surface area contributed by atoms with Gasteiger partial charge in [-0.15, -0.1) is 0 Å². The van der Waals surface area contributed by atoms with Gasteiger partial charge in [0, 0.05) is 31.7 Å². The Morgan fingerprint density at radius 2 is 1.97 bits per heavy atom. The Balaban J connectivity index is 1.63. The molecule has 2 aliphatic rings. The number of amides is 1. The normalized spacial score (nSPS) is 22.1. The number of aromatic hydroxyl groups is 1. The molecule has 2 aliphatic heterocycles. The Kier molecular flexibility index (Phi) is 6.94. The summed E-state index contributed by atoms with van der Waals surface area (Å²) in [5.41, 5.74) is -2.08. The van der Waals surface area contributed by atoms with Crippen LogP contribution in [0.2, 0.25) is 0 Å². The number of aromatic nitrogens is 2. The van der Waals surface area contributed by atoms with Crippen LogP contribution in [-0.4, -0.2) is 65.1 Å². The van der Waals surface area contributed by atoms with E-state index in [-0.39, 0.29) is 61.2 Å². The minimum absolute atomic E-state index is 0.0920. The first kappa shape index (κ1) is 26.2. The van der Waals surface area contributed by atoms with Gasteiger partial charge in [0.2, 0.25) is 15.8 Å². The molecule has 1 aromatic heterocycles. The molecule has 3 N–H and O–H groups in total. The molecule has 11 nitrogen and oxygen atoms in total. The molecule has 2 atom stereocenters. The van der Waals surface area contributed by atoms with Gasteiger partial charge >= 0.3 is 0 Å². The molecular formula is C23H30FN5O6S. The SMILES string of the molecule is CC1CN(S(=O)(=O)c2cc(F)ccc2CNC(=O)c2nc3n(c(=O)c2O)CCOC3(C)C)CC(C)N1. The summed E-state index contributed by atoms with van der Waals surface area (Å²) in [6, 6.07) is 3.12. The average Bonchev–Trinajstić information content (AvgIpc) is 2.79. The van der Waals surface area contributed by atoms with Crippen molar-refractivity contribution in [2.75, 3.05) is 19.7 Å². The van der Waals surface area contributed by atoms with E-state index >= 15 is 0 Å². The fraction of sp³-hybridized carbons (Fsp3) is 0.522. The zero-order valence-electron chi connectivity index (χ0n) is 20.5. The summed E-state index contributed by atoms with van der Waals surface area (Å²) in [6.07, 6.45) is 0. The van der Waals surface area contributed by atoms with Gasteiger partial charge in [0.05, 0.1) is 18.0 Å². The zero-order chi connectivity index (χ0) is 26.4. The van der Waals surface area contributed by atoms with Gasteiger partial charge in [0.25, 0.3) is 11.5 Å². The van der Waals surface area contributed by atoms with Crippen molar-refractivity contribution in [1.82, 2.24) is 24.5 Å². The number of piperazine rings is 1. The summed E-state index contributed by atoms with van der Waals surface area (Å²) in [7, 11) is -4.07. The van der Waals surface area contributed by atoms with Crippen LogP contribution >= 0.6 is 0 Å². The fourth-order valence-electron chi connectivity index (χ4n) is 4.61. The number of halogens is 1. The summed E-state index contributed by atoms with van der Waals surface area (Å²) in [6.45, 7) is 7.65. The monoisotopic (exact) mass is 523 g/mol. The fourth-order valence-corrected chi connectivity index (χ4v) is 6.46. The maximum Gasteiger partial charge on any atom is 0.296 e. The molecule has 196 valence electrons. The third kappa shape index (κ3) is 4.88. The van der Waals surface area contributed by atoms with Crippen molar-refractivity contribution in [3.63, 3.8) is 0 Å². The van der Waals surface area contributed by atoms with Crippen molar-refractivity contribution in [2.45, 2.75) is 63.4 Å². The van der Waals surface area contributed by atoms with E-state index in [1.165, 1.54) is 14.9 Å². The third-order valence-corrected chi connectivity index (χ3v) is 8.20. The van der Waals surface area contributed by atoms with Gasteiger partial charge in [0.15, 0.2) is 5.69 Å². The van der Waals surface area contributed by atoms with Crippen LogP contribution in [0.15, 0.2) is 27.9 Å². The first-order chi connectivity index (χ1) is 16.8. The van der Waals surface area contributed by atoms with Crippen molar-refractivity contribution in [2.24, 2.45) is 0 Å². The molecule has 2 aromatic rings. The summed E-state index contributed by atoms with van der Waals surface area (Å²) < 4.78 is 49.1. The van der Waals surface area contributed by atoms with Crippen LogP contribution in [0.25, 0.3) is 0 Å². The molecule has 1 aromatic carbocycles. The van der Waals surface area contributed by atoms with Gasteiger partial charge in [-0.05, 0) is 45.4 Å². The van der Waals surface area contributed by atoms with Crippen molar-refractivity contribution >= 4 is 15.9 Å². The molecular weight excluding hydrogens is 493 g/mol. The van der Waals surface area contributed by atoms with Crippen LogP contribution < -0.4 is 16.2 Å². The molecule has 13 heteroatoms. The summed E-state index contributed by atoms with van der Waals surface area (Å²) in [5, 5.41) is 16.1. The average molecular weight is 524 g/mol. The number of nitrogens with zero attached hydrogens (tertiary/aromatic N) is 3. The van der Waals surface area contributed by atoms with Gasteiger partial charge in [-0.2, -0.15) is 4.31 Å². The lowest BCUT2D eigenvalue weighted by molar-refractivity contribution is -0.0566. The standard InChI is InChI=1S/C23H30FN5O6S/c1-13-11-28(12-14(2)26-13)36(33,34)17-9-16(24)6-5-15(17)10-25-20(31)18-19(30)21(32)29-7-8-35-23(3,4)22(29)27-18/h5-6,9,13-14,26,30H,7-8,10-12H2,1-4H3,(H,25,31). The smallest absolute Gasteiger partial charge is 0.296 e. The van der Waals surface area contributed by atoms with Crippen LogP contribution in [0.4, 0.5) is 4.39 Å². The summed E-state index contributed by atoms with van der Waals surface area (Å²) in [4.78, 5) is 29.5. The number of carbonyl (C=O) groups excluding carboxylic acids is 1. The summed E-state index contributed by atoms with van der Waals surface area (Å²) >= 11 is 0. The Morgan fingerprint density at radius 1 is 1.31 bits per heavy atom. The number of hydrogen-bond donors (Lipinski definition) is 3. The molecule has 3 heterocycles. The molecule has 0 bridgehead atoms. The van der Waals surface area contributed by atoms with E-state index in [1.54, 1.807) is 13.8 Å². The second-order valence-corrected chi connectivity index (χ2v) is 11.6. The van der Waals surface area contributed by atoms with Crippen LogP contribution in [-0.2, 0) is 33.5 Å². The predicted molar refractivity (Wildman–Crippen MR) is 128 cm³/mol. The maximum absolute atomic E-state index is 14.1. The first-order valence-electron chi connectivity index (χ1n) is 11.6. The van der Waals surface area contributed by atoms with Crippen LogP contribution in [0, 0.1) is 5.82 Å². The topological polar surface area (TPSA) is 143 Å². The molecule has 1 fully saturated rings. The third-order valence-electron chi connectivity index (χ3n) is 6.29. The largest absolute Gasteiger partial charge is 0.501 e. The van der Waals surface area contributed by atoms with Gasteiger partial charge in [-0.3, -0.25) is 14.2 Å². The van der Waals surface area contributed by atoms with Gasteiger partial charge in [-0.25, -0.2) is 17.8 Å². The minimum Gasteiger partial charge on any atom is -0.501 e. The van der Waals surface area contributed by atoms with Gasteiger partial charge < -0.3 is 20.5 Å². The highest BCUT2D eigenvalue weighted by molar-refractivity contribution is 7.89. The lowest BCUT2D eigenvalue weighted by Gasteiger charge is -2.35.